The molecule has 23 heavy (non-hydrogen) atoms. The highest BCUT2D eigenvalue weighted by Gasteiger charge is 2.37. The number of anilines is 1. The van der Waals surface area contributed by atoms with E-state index in [0.717, 1.165) is 17.0 Å². The Morgan fingerprint density at radius 3 is 2.57 bits per heavy atom. The molecule has 1 heterocycles. The predicted octanol–water partition coefficient (Wildman–Crippen LogP) is 2.29. The molecule has 0 aliphatic carbocycles. The Labute approximate surface area is 134 Å². The van der Waals surface area contributed by atoms with Gasteiger partial charge in [-0.3, -0.25) is 9.59 Å². The van der Waals surface area contributed by atoms with E-state index in [1.54, 1.807) is 4.90 Å². The van der Waals surface area contributed by atoms with Crippen LogP contribution in [0.5, 0.6) is 5.75 Å². The third kappa shape index (κ3) is 3.18. The molecule has 0 radical (unpaired) electrons. The Kier molecular flexibility index (Phi) is 4.28. The first-order chi connectivity index (χ1) is 11.2. The van der Waals surface area contributed by atoms with Crippen LogP contribution >= 0.6 is 0 Å². The summed E-state index contributed by atoms with van der Waals surface area (Å²) in [4.78, 5) is 25.6. The van der Waals surface area contributed by atoms with Gasteiger partial charge < -0.3 is 15.0 Å². The molecule has 1 aliphatic rings. The fraction of sp³-hybridized carbons (Fsp3) is 0.222. The first kappa shape index (κ1) is 15.1. The number of amides is 2. The summed E-state index contributed by atoms with van der Waals surface area (Å²) in [5, 5.41) is 2.71. The number of carbonyl (C=O) groups excluding carboxylic acids is 2. The summed E-state index contributed by atoms with van der Waals surface area (Å²) in [7, 11) is 0. The number of nitrogens with zero attached hydrogens (tertiary/aromatic N) is 1. The van der Waals surface area contributed by atoms with Crippen LogP contribution in [-0.4, -0.2) is 25.0 Å². The van der Waals surface area contributed by atoms with Crippen molar-refractivity contribution >= 4 is 17.5 Å². The summed E-state index contributed by atoms with van der Waals surface area (Å²) in [6, 6.07) is 16.4. The van der Waals surface area contributed by atoms with Crippen LogP contribution in [0.3, 0.4) is 0 Å². The largest absolute Gasteiger partial charge is 0.492 e. The summed E-state index contributed by atoms with van der Waals surface area (Å²) in [5.41, 5.74) is 1.65. The topological polar surface area (TPSA) is 58.6 Å². The zero-order chi connectivity index (χ0) is 16.2. The lowest BCUT2D eigenvalue weighted by Gasteiger charge is -2.18. The Hall–Kier alpha value is -2.82. The maximum atomic E-state index is 12.6. The SMILES string of the molecule is CC(=O)NC1C(=O)N(CCOc2ccccc2)c2ccccc21. The van der Waals surface area contributed by atoms with Gasteiger partial charge in [0.15, 0.2) is 0 Å². The second-order valence-corrected chi connectivity index (χ2v) is 5.34. The summed E-state index contributed by atoms with van der Waals surface area (Å²) >= 11 is 0. The van der Waals surface area contributed by atoms with E-state index in [9.17, 15) is 9.59 Å². The minimum Gasteiger partial charge on any atom is -0.492 e. The van der Waals surface area contributed by atoms with Gasteiger partial charge in [-0.05, 0) is 18.2 Å². The predicted molar refractivity (Wildman–Crippen MR) is 87.3 cm³/mol. The molecule has 0 saturated heterocycles. The van der Waals surface area contributed by atoms with Crippen LogP contribution in [0.1, 0.15) is 18.5 Å². The first-order valence-electron chi connectivity index (χ1n) is 7.52. The standard InChI is InChI=1S/C18H18N2O3/c1-13(21)19-17-15-9-5-6-10-16(15)20(18(17)22)11-12-23-14-7-3-2-4-8-14/h2-10,17H,11-12H2,1H3,(H,19,21). The third-order valence-electron chi connectivity index (χ3n) is 3.73. The third-order valence-corrected chi connectivity index (χ3v) is 3.73. The van der Waals surface area contributed by atoms with E-state index in [2.05, 4.69) is 5.32 Å². The Balaban J connectivity index is 1.72. The maximum absolute atomic E-state index is 12.6. The van der Waals surface area contributed by atoms with Gasteiger partial charge in [-0.15, -0.1) is 0 Å². The second-order valence-electron chi connectivity index (χ2n) is 5.34. The van der Waals surface area contributed by atoms with Gasteiger partial charge in [-0.2, -0.15) is 0 Å². The molecule has 0 aromatic heterocycles. The van der Waals surface area contributed by atoms with E-state index >= 15 is 0 Å². The van der Waals surface area contributed by atoms with Crippen molar-refractivity contribution in [3.63, 3.8) is 0 Å². The van der Waals surface area contributed by atoms with Gasteiger partial charge in [0.05, 0.1) is 6.54 Å². The van der Waals surface area contributed by atoms with Crippen LogP contribution in [0.4, 0.5) is 5.69 Å². The van der Waals surface area contributed by atoms with Crippen molar-refractivity contribution in [2.45, 2.75) is 13.0 Å². The number of ether oxygens (including phenoxy) is 1. The van der Waals surface area contributed by atoms with Gasteiger partial charge in [0.1, 0.15) is 18.4 Å². The van der Waals surface area contributed by atoms with Crippen LogP contribution in [0.2, 0.25) is 0 Å². The summed E-state index contributed by atoms with van der Waals surface area (Å²) in [6.45, 7) is 2.23. The second kappa shape index (κ2) is 6.52. The number of nitrogens with one attached hydrogen (secondary N) is 1. The lowest BCUT2D eigenvalue weighted by Crippen LogP contribution is -2.38. The summed E-state index contributed by atoms with van der Waals surface area (Å²) < 4.78 is 5.67. The number of carbonyl (C=O) groups is 2. The molecule has 118 valence electrons. The molecule has 1 unspecified atom stereocenters. The number of hydrogen-bond donors (Lipinski definition) is 1. The smallest absolute Gasteiger partial charge is 0.254 e. The minimum atomic E-state index is -0.611. The average Bonchev–Trinajstić information content (AvgIpc) is 2.81. The highest BCUT2D eigenvalue weighted by molar-refractivity contribution is 6.06. The molecular weight excluding hydrogens is 292 g/mol. The van der Waals surface area contributed by atoms with Gasteiger partial charge in [0.2, 0.25) is 5.91 Å². The summed E-state index contributed by atoms with van der Waals surface area (Å²) in [6.07, 6.45) is 0. The molecule has 0 saturated carbocycles. The zero-order valence-electron chi connectivity index (χ0n) is 12.9. The van der Waals surface area contributed by atoms with Crippen LogP contribution in [0.25, 0.3) is 0 Å². The van der Waals surface area contributed by atoms with Crippen molar-refractivity contribution in [2.75, 3.05) is 18.1 Å². The van der Waals surface area contributed by atoms with E-state index in [1.165, 1.54) is 6.92 Å². The van der Waals surface area contributed by atoms with Crippen molar-refractivity contribution in [3.8, 4) is 5.75 Å². The molecule has 5 nitrogen and oxygen atoms in total. The molecule has 1 aliphatic heterocycles. The molecule has 2 aromatic rings. The molecule has 5 heteroatoms. The lowest BCUT2D eigenvalue weighted by molar-refractivity contribution is -0.126. The van der Waals surface area contributed by atoms with Crippen molar-refractivity contribution in [3.05, 3.63) is 60.2 Å². The first-order valence-corrected chi connectivity index (χ1v) is 7.52. The highest BCUT2D eigenvalue weighted by atomic mass is 16.5. The molecule has 0 bridgehead atoms. The van der Waals surface area contributed by atoms with Crippen LogP contribution in [0, 0.1) is 0 Å². The van der Waals surface area contributed by atoms with Crippen LogP contribution in [0.15, 0.2) is 54.6 Å². The number of para-hydroxylation sites is 2. The van der Waals surface area contributed by atoms with Gasteiger partial charge in [-0.25, -0.2) is 0 Å². The van der Waals surface area contributed by atoms with Gasteiger partial charge in [0.25, 0.3) is 5.91 Å². The fourth-order valence-corrected chi connectivity index (χ4v) is 2.73. The van der Waals surface area contributed by atoms with E-state index in [1.807, 2.05) is 54.6 Å². The fourth-order valence-electron chi connectivity index (χ4n) is 2.73. The molecule has 1 N–H and O–H groups in total. The monoisotopic (exact) mass is 310 g/mol. The van der Waals surface area contributed by atoms with Gasteiger partial charge in [-0.1, -0.05) is 36.4 Å². The number of fused-ring (bicyclic) bond motifs is 1. The summed E-state index contributed by atoms with van der Waals surface area (Å²) in [5.74, 6) is 0.421. The van der Waals surface area contributed by atoms with Crippen LogP contribution in [-0.2, 0) is 9.59 Å². The van der Waals surface area contributed by atoms with Crippen molar-refractivity contribution in [1.82, 2.24) is 5.32 Å². The highest BCUT2D eigenvalue weighted by Crippen LogP contribution is 2.35. The Bertz CT molecular complexity index is 715. The van der Waals surface area contributed by atoms with Crippen molar-refractivity contribution in [1.29, 1.82) is 0 Å². The average molecular weight is 310 g/mol. The molecular formula is C18H18N2O3. The van der Waals surface area contributed by atoms with Crippen molar-refractivity contribution in [2.24, 2.45) is 0 Å². The van der Waals surface area contributed by atoms with E-state index in [0.29, 0.717) is 13.2 Å². The zero-order valence-corrected chi connectivity index (χ0v) is 12.9. The number of benzene rings is 2. The van der Waals surface area contributed by atoms with Gasteiger partial charge >= 0.3 is 0 Å². The quantitative estimate of drug-likeness (QED) is 0.922. The lowest BCUT2D eigenvalue weighted by atomic mass is 10.1. The Morgan fingerprint density at radius 2 is 1.83 bits per heavy atom. The van der Waals surface area contributed by atoms with Gasteiger partial charge in [0, 0.05) is 18.2 Å². The molecule has 1 atom stereocenters. The van der Waals surface area contributed by atoms with E-state index < -0.39 is 6.04 Å². The minimum absolute atomic E-state index is 0.127. The van der Waals surface area contributed by atoms with Crippen LogP contribution < -0.4 is 15.0 Å². The molecule has 3 rings (SSSR count). The number of hydrogen-bond acceptors (Lipinski definition) is 3. The van der Waals surface area contributed by atoms with E-state index in [4.69, 9.17) is 4.74 Å². The van der Waals surface area contributed by atoms with Crippen molar-refractivity contribution < 1.29 is 14.3 Å². The van der Waals surface area contributed by atoms with E-state index in [-0.39, 0.29) is 11.8 Å². The molecule has 0 fully saturated rings. The molecule has 0 spiro atoms. The molecule has 2 aromatic carbocycles. The maximum Gasteiger partial charge on any atom is 0.254 e. The molecule has 2 amide bonds. The number of rotatable bonds is 5. The Morgan fingerprint density at radius 1 is 1.13 bits per heavy atom. The normalized spacial score (nSPS) is 16.1.